The normalized spacial score (nSPS) is 10.6. The molecule has 1 aromatic heterocycles. The minimum Gasteiger partial charge on any atom is -0.347 e. The number of hydrogen-bond donors (Lipinski definition) is 1. The molecule has 0 aliphatic heterocycles. The van der Waals surface area contributed by atoms with Gasteiger partial charge in [0.1, 0.15) is 0 Å². The summed E-state index contributed by atoms with van der Waals surface area (Å²) >= 11 is 0. The summed E-state index contributed by atoms with van der Waals surface area (Å²) in [5.74, 6) is -0.228. The average molecular weight is 320 g/mol. The van der Waals surface area contributed by atoms with Crippen molar-refractivity contribution in [2.75, 3.05) is 0 Å². The molecule has 1 heterocycles. The average Bonchev–Trinajstić information content (AvgIpc) is 3.06. The van der Waals surface area contributed by atoms with Crippen molar-refractivity contribution >= 4 is 5.91 Å². The topological polar surface area (TPSA) is 59.8 Å². The molecule has 3 aromatic rings. The van der Waals surface area contributed by atoms with Crippen LogP contribution in [0.4, 0.5) is 0 Å². The van der Waals surface area contributed by atoms with Crippen LogP contribution in [0.1, 0.15) is 32.7 Å². The molecule has 0 saturated heterocycles. The van der Waals surface area contributed by atoms with Gasteiger partial charge < -0.3 is 5.32 Å². The van der Waals surface area contributed by atoms with Crippen LogP contribution in [0.15, 0.2) is 48.7 Å². The zero-order chi connectivity index (χ0) is 17.1. The Hall–Kier alpha value is -2.95. The second-order valence-corrected chi connectivity index (χ2v) is 5.93. The fourth-order valence-electron chi connectivity index (χ4n) is 2.44. The van der Waals surface area contributed by atoms with Gasteiger partial charge in [-0.05, 0) is 55.2 Å². The molecular weight excluding hydrogens is 300 g/mol. The van der Waals surface area contributed by atoms with E-state index in [2.05, 4.69) is 22.6 Å². The minimum absolute atomic E-state index is 0.228. The fraction of sp³-hybridized carbons (Fsp3) is 0.211. The zero-order valence-electron chi connectivity index (χ0n) is 14.1. The van der Waals surface area contributed by atoms with Crippen LogP contribution in [0, 0.1) is 20.8 Å². The molecule has 0 bridgehead atoms. The van der Waals surface area contributed by atoms with E-state index in [4.69, 9.17) is 0 Å². The van der Waals surface area contributed by atoms with Gasteiger partial charge in [-0.15, -0.1) is 5.10 Å². The van der Waals surface area contributed by atoms with Crippen molar-refractivity contribution in [3.05, 3.63) is 76.6 Å². The smallest absolute Gasteiger partial charge is 0.273 e. The number of aryl methyl sites for hydroxylation is 3. The monoisotopic (exact) mass is 320 g/mol. The predicted octanol–water partition coefficient (Wildman–Crippen LogP) is 3.12. The fourth-order valence-corrected chi connectivity index (χ4v) is 2.44. The first-order chi connectivity index (χ1) is 11.5. The molecule has 2 aromatic carbocycles. The quantitative estimate of drug-likeness (QED) is 0.803. The molecule has 0 unspecified atom stereocenters. The van der Waals surface area contributed by atoms with E-state index >= 15 is 0 Å². The van der Waals surface area contributed by atoms with Crippen molar-refractivity contribution in [1.82, 2.24) is 20.3 Å². The first-order valence-electron chi connectivity index (χ1n) is 7.87. The second kappa shape index (κ2) is 6.66. The van der Waals surface area contributed by atoms with E-state index in [0.29, 0.717) is 12.2 Å². The molecule has 0 saturated carbocycles. The van der Waals surface area contributed by atoms with Crippen molar-refractivity contribution in [2.24, 2.45) is 0 Å². The Morgan fingerprint density at radius 2 is 1.83 bits per heavy atom. The van der Waals surface area contributed by atoms with Crippen LogP contribution in [-0.4, -0.2) is 20.9 Å². The van der Waals surface area contributed by atoms with Crippen LogP contribution in [0.25, 0.3) is 5.69 Å². The summed E-state index contributed by atoms with van der Waals surface area (Å²) in [7, 11) is 0. The third kappa shape index (κ3) is 3.35. The minimum atomic E-state index is -0.228. The number of nitrogens with zero attached hydrogens (tertiary/aromatic N) is 3. The summed E-state index contributed by atoms with van der Waals surface area (Å²) in [5.41, 5.74) is 5.83. The van der Waals surface area contributed by atoms with Gasteiger partial charge in [-0.3, -0.25) is 4.79 Å². The van der Waals surface area contributed by atoms with E-state index < -0.39 is 0 Å². The van der Waals surface area contributed by atoms with Gasteiger partial charge in [0, 0.05) is 6.54 Å². The highest BCUT2D eigenvalue weighted by atomic mass is 16.2. The molecule has 0 aliphatic rings. The van der Waals surface area contributed by atoms with Gasteiger partial charge in [0.2, 0.25) is 0 Å². The van der Waals surface area contributed by atoms with Crippen molar-refractivity contribution in [3.8, 4) is 5.69 Å². The van der Waals surface area contributed by atoms with Crippen molar-refractivity contribution in [3.63, 3.8) is 0 Å². The van der Waals surface area contributed by atoms with Crippen LogP contribution < -0.4 is 5.32 Å². The number of nitrogens with one attached hydrogen (secondary N) is 1. The van der Waals surface area contributed by atoms with E-state index in [1.54, 1.807) is 10.9 Å². The third-order valence-corrected chi connectivity index (χ3v) is 4.18. The molecule has 0 aliphatic carbocycles. The molecule has 0 fully saturated rings. The van der Waals surface area contributed by atoms with Crippen LogP contribution in [0.3, 0.4) is 0 Å². The van der Waals surface area contributed by atoms with Crippen LogP contribution in [0.2, 0.25) is 0 Å². The molecule has 0 atom stereocenters. The number of carbonyl (C=O) groups excluding carboxylic acids is 1. The second-order valence-electron chi connectivity index (χ2n) is 5.93. The Bertz CT molecular complexity index is 883. The number of rotatable bonds is 4. The van der Waals surface area contributed by atoms with Crippen molar-refractivity contribution in [1.29, 1.82) is 0 Å². The Morgan fingerprint density at radius 1 is 1.04 bits per heavy atom. The lowest BCUT2D eigenvalue weighted by molar-refractivity contribution is 0.0946. The van der Waals surface area contributed by atoms with Gasteiger partial charge in [-0.2, -0.15) is 0 Å². The van der Waals surface area contributed by atoms with E-state index in [1.165, 1.54) is 11.1 Å². The standard InChI is InChI=1S/C19H20N4O/c1-13-8-9-17(10-15(13)3)23-12-18(21-22-23)19(24)20-11-16-7-5-4-6-14(16)2/h4-10,12H,11H2,1-3H3,(H,20,24). The first-order valence-corrected chi connectivity index (χ1v) is 7.87. The molecule has 24 heavy (non-hydrogen) atoms. The van der Waals surface area contributed by atoms with E-state index in [-0.39, 0.29) is 5.91 Å². The first kappa shape index (κ1) is 15.9. The summed E-state index contributed by atoms with van der Waals surface area (Å²) in [5, 5.41) is 10.9. The Labute approximate surface area is 141 Å². The maximum absolute atomic E-state index is 12.3. The van der Waals surface area contributed by atoms with Crippen LogP contribution in [0.5, 0.6) is 0 Å². The predicted molar refractivity (Wildman–Crippen MR) is 93.2 cm³/mol. The van der Waals surface area contributed by atoms with Crippen molar-refractivity contribution in [2.45, 2.75) is 27.3 Å². The van der Waals surface area contributed by atoms with E-state index in [0.717, 1.165) is 16.8 Å². The maximum Gasteiger partial charge on any atom is 0.273 e. The molecule has 3 rings (SSSR count). The highest BCUT2D eigenvalue weighted by Gasteiger charge is 2.12. The Balaban J connectivity index is 1.72. The summed E-state index contributed by atoms with van der Waals surface area (Å²) in [6.45, 7) is 6.61. The number of amides is 1. The van der Waals surface area contributed by atoms with E-state index in [9.17, 15) is 4.79 Å². The highest BCUT2D eigenvalue weighted by Crippen LogP contribution is 2.13. The largest absolute Gasteiger partial charge is 0.347 e. The SMILES string of the molecule is Cc1ccc(-n2cc(C(=O)NCc3ccccc3C)nn2)cc1C. The summed E-state index contributed by atoms with van der Waals surface area (Å²) in [4.78, 5) is 12.3. The summed E-state index contributed by atoms with van der Waals surface area (Å²) in [6.07, 6.45) is 1.65. The number of carbonyl (C=O) groups is 1. The molecule has 1 N–H and O–H groups in total. The molecule has 0 radical (unpaired) electrons. The van der Waals surface area contributed by atoms with Gasteiger partial charge in [-0.25, -0.2) is 4.68 Å². The molecule has 0 spiro atoms. The Morgan fingerprint density at radius 3 is 2.58 bits per heavy atom. The molecular formula is C19H20N4O. The maximum atomic E-state index is 12.3. The van der Waals surface area contributed by atoms with Crippen LogP contribution >= 0.6 is 0 Å². The number of hydrogen-bond acceptors (Lipinski definition) is 3. The summed E-state index contributed by atoms with van der Waals surface area (Å²) in [6, 6.07) is 14.0. The van der Waals surface area contributed by atoms with Gasteiger partial charge in [0.15, 0.2) is 5.69 Å². The number of aromatic nitrogens is 3. The summed E-state index contributed by atoms with van der Waals surface area (Å²) < 4.78 is 1.62. The zero-order valence-corrected chi connectivity index (χ0v) is 14.1. The third-order valence-electron chi connectivity index (χ3n) is 4.18. The van der Waals surface area contributed by atoms with Gasteiger partial charge in [0.05, 0.1) is 11.9 Å². The van der Waals surface area contributed by atoms with Crippen LogP contribution in [-0.2, 0) is 6.54 Å². The molecule has 122 valence electrons. The Kier molecular flexibility index (Phi) is 4.42. The molecule has 5 heteroatoms. The van der Waals surface area contributed by atoms with Gasteiger partial charge in [0.25, 0.3) is 5.91 Å². The van der Waals surface area contributed by atoms with Crippen molar-refractivity contribution < 1.29 is 4.79 Å². The van der Waals surface area contributed by atoms with E-state index in [1.807, 2.05) is 56.3 Å². The molecule has 1 amide bonds. The number of benzene rings is 2. The lowest BCUT2D eigenvalue weighted by Crippen LogP contribution is -2.23. The lowest BCUT2D eigenvalue weighted by Gasteiger charge is -2.06. The lowest BCUT2D eigenvalue weighted by atomic mass is 10.1. The van der Waals surface area contributed by atoms with Gasteiger partial charge in [-0.1, -0.05) is 35.5 Å². The highest BCUT2D eigenvalue weighted by molar-refractivity contribution is 5.91. The molecule has 5 nitrogen and oxygen atoms in total. The van der Waals surface area contributed by atoms with Gasteiger partial charge >= 0.3 is 0 Å².